The lowest BCUT2D eigenvalue weighted by Crippen LogP contribution is -2.30. The van der Waals surface area contributed by atoms with Crippen LogP contribution >= 0.6 is 11.3 Å². The highest BCUT2D eigenvalue weighted by Gasteiger charge is 2.23. The fraction of sp³-hybridized carbons (Fsp3) is 0.120. The van der Waals surface area contributed by atoms with Gasteiger partial charge >= 0.3 is 0 Å². The van der Waals surface area contributed by atoms with E-state index in [1.54, 1.807) is 22.5 Å². The maximum absolute atomic E-state index is 13.6. The Morgan fingerprint density at radius 1 is 0.967 bits per heavy atom. The van der Waals surface area contributed by atoms with Gasteiger partial charge in [0.15, 0.2) is 5.13 Å². The van der Waals surface area contributed by atoms with Crippen LogP contribution in [0.1, 0.15) is 27.2 Å². The molecular formula is C25H20N2O2S. The normalized spacial score (nSPS) is 11.3. The van der Waals surface area contributed by atoms with Crippen LogP contribution in [0.15, 0.2) is 77.4 Å². The number of amides is 1. The molecule has 0 fully saturated rings. The number of carbonyl (C=O) groups is 1. The van der Waals surface area contributed by atoms with E-state index in [9.17, 15) is 4.79 Å². The van der Waals surface area contributed by atoms with Gasteiger partial charge in [0, 0.05) is 5.56 Å². The third kappa shape index (κ3) is 3.27. The van der Waals surface area contributed by atoms with Gasteiger partial charge in [0.2, 0.25) is 0 Å². The summed E-state index contributed by atoms with van der Waals surface area (Å²) in [6.07, 6.45) is 1.63. The molecule has 5 rings (SSSR count). The van der Waals surface area contributed by atoms with Crippen molar-refractivity contribution in [2.24, 2.45) is 0 Å². The Morgan fingerprint density at radius 3 is 2.53 bits per heavy atom. The second kappa shape index (κ2) is 7.43. The summed E-state index contributed by atoms with van der Waals surface area (Å²) in [6.45, 7) is 4.45. The lowest BCUT2D eigenvalue weighted by atomic mass is 10.1. The highest BCUT2D eigenvalue weighted by atomic mass is 32.1. The zero-order chi connectivity index (χ0) is 20.7. The Balaban J connectivity index is 1.62. The molecule has 148 valence electrons. The van der Waals surface area contributed by atoms with Gasteiger partial charge in [0.05, 0.1) is 23.0 Å². The number of hydrogen-bond acceptors (Lipinski definition) is 4. The van der Waals surface area contributed by atoms with Gasteiger partial charge in [-0.3, -0.25) is 9.69 Å². The van der Waals surface area contributed by atoms with Crippen molar-refractivity contribution in [1.82, 2.24) is 4.98 Å². The molecule has 0 radical (unpaired) electrons. The Hall–Kier alpha value is -3.44. The average molecular weight is 413 g/mol. The molecule has 30 heavy (non-hydrogen) atoms. The smallest absolute Gasteiger partial charge is 0.260 e. The molecule has 2 aromatic heterocycles. The predicted octanol–water partition coefficient (Wildman–Crippen LogP) is 6.51. The zero-order valence-electron chi connectivity index (χ0n) is 16.8. The Kier molecular flexibility index (Phi) is 4.60. The topological polar surface area (TPSA) is 46.3 Å². The molecule has 0 aliphatic heterocycles. The van der Waals surface area contributed by atoms with Crippen LogP contribution < -0.4 is 4.90 Å². The number of benzene rings is 3. The van der Waals surface area contributed by atoms with E-state index in [0.717, 1.165) is 37.9 Å². The van der Waals surface area contributed by atoms with Crippen LogP contribution in [0, 0.1) is 13.8 Å². The van der Waals surface area contributed by atoms with Crippen LogP contribution in [-0.2, 0) is 6.54 Å². The molecule has 0 aliphatic carbocycles. The van der Waals surface area contributed by atoms with Gasteiger partial charge in [-0.1, -0.05) is 53.8 Å². The molecule has 0 atom stereocenters. The lowest BCUT2D eigenvalue weighted by Gasteiger charge is -2.19. The van der Waals surface area contributed by atoms with E-state index in [1.165, 1.54) is 0 Å². The maximum atomic E-state index is 13.6. The van der Waals surface area contributed by atoms with E-state index >= 15 is 0 Å². The van der Waals surface area contributed by atoms with Crippen molar-refractivity contribution in [3.8, 4) is 0 Å². The molecule has 5 heteroatoms. The number of aromatic nitrogens is 1. The second-order valence-electron chi connectivity index (χ2n) is 7.41. The van der Waals surface area contributed by atoms with Crippen LogP contribution in [0.4, 0.5) is 5.13 Å². The standard InChI is InChI=1S/C25H20N2O2S/c1-16-9-10-17(2)23-22(16)26-25(30-23)27(15-21-8-5-13-29-21)24(28)20-12-11-18-6-3-4-7-19(18)14-20/h3-14H,15H2,1-2H3. The first kappa shape index (κ1) is 18.6. The van der Waals surface area contributed by atoms with E-state index in [1.807, 2.05) is 61.5 Å². The summed E-state index contributed by atoms with van der Waals surface area (Å²) in [4.78, 5) is 20.2. The first-order valence-corrected chi connectivity index (χ1v) is 10.6. The van der Waals surface area contributed by atoms with Crippen LogP contribution in [-0.4, -0.2) is 10.9 Å². The largest absolute Gasteiger partial charge is 0.467 e. The molecule has 1 amide bonds. The lowest BCUT2D eigenvalue weighted by molar-refractivity contribution is 0.0983. The summed E-state index contributed by atoms with van der Waals surface area (Å²) in [7, 11) is 0. The highest BCUT2D eigenvalue weighted by Crippen LogP contribution is 2.34. The molecule has 0 bridgehead atoms. The van der Waals surface area contributed by atoms with E-state index in [0.29, 0.717) is 17.2 Å². The number of furan rings is 1. The molecule has 3 aromatic carbocycles. The van der Waals surface area contributed by atoms with Crippen molar-refractivity contribution in [3.05, 3.63) is 95.4 Å². The zero-order valence-corrected chi connectivity index (χ0v) is 17.6. The molecule has 5 aromatic rings. The number of fused-ring (bicyclic) bond motifs is 2. The summed E-state index contributed by atoms with van der Waals surface area (Å²) in [5.74, 6) is 0.628. The van der Waals surface area contributed by atoms with Crippen molar-refractivity contribution in [2.75, 3.05) is 4.90 Å². The average Bonchev–Trinajstić information content (AvgIpc) is 3.44. The molecule has 0 unspecified atom stereocenters. The fourth-order valence-electron chi connectivity index (χ4n) is 3.63. The van der Waals surface area contributed by atoms with Crippen molar-refractivity contribution >= 4 is 43.4 Å². The molecule has 0 N–H and O–H groups in total. The van der Waals surface area contributed by atoms with Crippen LogP contribution in [0.25, 0.3) is 21.0 Å². The predicted molar refractivity (Wildman–Crippen MR) is 122 cm³/mol. The van der Waals surface area contributed by atoms with Gasteiger partial charge in [0.25, 0.3) is 5.91 Å². The Bertz CT molecular complexity index is 1330. The van der Waals surface area contributed by atoms with E-state index in [-0.39, 0.29) is 5.91 Å². The number of rotatable bonds is 4. The van der Waals surface area contributed by atoms with Gasteiger partial charge < -0.3 is 4.42 Å². The summed E-state index contributed by atoms with van der Waals surface area (Å²) >= 11 is 1.55. The Morgan fingerprint density at radius 2 is 1.77 bits per heavy atom. The van der Waals surface area contributed by atoms with E-state index in [2.05, 4.69) is 19.1 Å². The summed E-state index contributed by atoms with van der Waals surface area (Å²) in [5.41, 5.74) is 3.85. The third-order valence-corrected chi connectivity index (χ3v) is 6.51. The third-order valence-electron chi connectivity index (χ3n) is 5.30. The van der Waals surface area contributed by atoms with Gasteiger partial charge in [-0.2, -0.15) is 0 Å². The van der Waals surface area contributed by atoms with Crippen molar-refractivity contribution < 1.29 is 9.21 Å². The molecule has 0 aliphatic rings. The summed E-state index contributed by atoms with van der Waals surface area (Å²) < 4.78 is 6.66. The van der Waals surface area contributed by atoms with Crippen LogP contribution in [0.3, 0.4) is 0 Å². The first-order chi connectivity index (χ1) is 14.6. The van der Waals surface area contributed by atoms with E-state index in [4.69, 9.17) is 9.40 Å². The van der Waals surface area contributed by atoms with Crippen molar-refractivity contribution in [1.29, 1.82) is 0 Å². The highest BCUT2D eigenvalue weighted by molar-refractivity contribution is 7.22. The SMILES string of the molecule is Cc1ccc(C)c2sc(N(Cc3ccco3)C(=O)c3ccc4ccccc4c3)nc12. The Labute approximate surface area is 178 Å². The number of hydrogen-bond donors (Lipinski definition) is 0. The van der Waals surface area contributed by atoms with Gasteiger partial charge in [-0.05, 0) is 60.0 Å². The fourth-order valence-corrected chi connectivity index (χ4v) is 4.74. The van der Waals surface area contributed by atoms with Gasteiger partial charge in [-0.15, -0.1) is 0 Å². The molecule has 4 nitrogen and oxygen atoms in total. The van der Waals surface area contributed by atoms with Gasteiger partial charge in [0.1, 0.15) is 5.76 Å². The number of nitrogens with zero attached hydrogens (tertiary/aromatic N) is 2. The molecular weight excluding hydrogens is 392 g/mol. The van der Waals surface area contributed by atoms with E-state index < -0.39 is 0 Å². The van der Waals surface area contributed by atoms with Crippen molar-refractivity contribution in [2.45, 2.75) is 20.4 Å². The minimum absolute atomic E-state index is 0.0912. The quantitative estimate of drug-likeness (QED) is 0.338. The molecule has 0 saturated carbocycles. The van der Waals surface area contributed by atoms with Crippen molar-refractivity contribution in [3.63, 3.8) is 0 Å². The summed E-state index contributed by atoms with van der Waals surface area (Å²) in [6, 6.07) is 21.7. The monoisotopic (exact) mass is 412 g/mol. The van der Waals surface area contributed by atoms with Crippen LogP contribution in [0.2, 0.25) is 0 Å². The molecule has 0 spiro atoms. The number of aryl methyl sites for hydroxylation is 2. The minimum Gasteiger partial charge on any atom is -0.467 e. The first-order valence-electron chi connectivity index (χ1n) is 9.80. The molecule has 2 heterocycles. The summed E-state index contributed by atoms with van der Waals surface area (Å²) in [5, 5.41) is 2.83. The minimum atomic E-state index is -0.0912. The number of thiazole rings is 1. The van der Waals surface area contributed by atoms with Gasteiger partial charge in [-0.25, -0.2) is 4.98 Å². The number of anilines is 1. The van der Waals surface area contributed by atoms with Crippen LogP contribution in [0.5, 0.6) is 0 Å². The second-order valence-corrected chi connectivity index (χ2v) is 8.38. The molecule has 0 saturated heterocycles. The number of carbonyl (C=O) groups excluding carboxylic acids is 1. The maximum Gasteiger partial charge on any atom is 0.260 e.